The Morgan fingerprint density at radius 1 is 2.00 bits per heavy atom. The molecule has 0 saturated carbocycles. The zero-order valence-corrected chi connectivity index (χ0v) is 3.00. The SMILES string of the molecule is SC1=C[B]1. The van der Waals surface area contributed by atoms with Crippen LogP contribution in [0.1, 0.15) is 0 Å². The van der Waals surface area contributed by atoms with Crippen molar-refractivity contribution in [3.63, 3.8) is 0 Å². The van der Waals surface area contributed by atoms with Gasteiger partial charge < -0.3 is 0 Å². The topological polar surface area (TPSA) is 0 Å². The molecule has 0 aliphatic carbocycles. The molecule has 0 saturated heterocycles. The normalized spacial score (nSPS) is 17.8. The average Bonchev–Trinajstić information content (AvgIpc) is 1.75. The van der Waals surface area contributed by atoms with Gasteiger partial charge in [0, 0.05) is 0 Å². The number of thiol groups is 1. The van der Waals surface area contributed by atoms with Crippen LogP contribution in [-0.4, -0.2) is 7.28 Å². The van der Waals surface area contributed by atoms with E-state index >= 15 is 0 Å². The predicted octanol–water partition coefficient (Wildman–Crippen LogP) is 0.433. The third-order valence-corrected chi connectivity index (χ3v) is 0.614. The molecule has 0 fully saturated rings. The molecule has 0 unspecified atom stereocenters. The minimum absolute atomic E-state index is 1.11. The first-order valence-corrected chi connectivity index (χ1v) is 1.58. The molecule has 0 bridgehead atoms. The molecule has 19 valence electrons. The van der Waals surface area contributed by atoms with E-state index in [-0.39, 0.29) is 0 Å². The molecule has 0 amide bonds. The molecule has 2 heteroatoms. The van der Waals surface area contributed by atoms with Crippen LogP contribution in [0, 0.1) is 0 Å². The van der Waals surface area contributed by atoms with Crippen LogP contribution in [0.4, 0.5) is 0 Å². The fraction of sp³-hybridized carbons (Fsp3) is 0. The van der Waals surface area contributed by atoms with Crippen LogP contribution in [0.25, 0.3) is 0 Å². The standard InChI is InChI=1S/C2H2BS/c4-2-1-3-2/h1,4H. The Kier molecular flexibility index (Phi) is 0.330. The second-order valence-corrected chi connectivity index (χ2v) is 1.27. The second-order valence-electron chi connectivity index (χ2n) is 0.758. The molecule has 0 spiro atoms. The monoisotopic (exact) mass is 69.0 g/mol. The fourth-order valence-corrected chi connectivity index (χ4v) is 0.112. The Balaban J connectivity index is 2.54. The van der Waals surface area contributed by atoms with Crippen molar-refractivity contribution in [3.05, 3.63) is 10.8 Å². The lowest BCUT2D eigenvalue weighted by Crippen LogP contribution is -1.41. The second kappa shape index (κ2) is 0.551. The van der Waals surface area contributed by atoms with Crippen LogP contribution in [0.5, 0.6) is 0 Å². The molecule has 0 N–H and O–H groups in total. The quantitative estimate of drug-likeness (QED) is 0.309. The lowest BCUT2D eigenvalue weighted by atomic mass is 10.1. The molecule has 0 aromatic rings. The summed E-state index contributed by atoms with van der Waals surface area (Å²) in [5.74, 6) is 1.95. The third kappa shape index (κ3) is 0.289. The molecule has 0 aromatic heterocycles. The molecule has 4 heavy (non-hydrogen) atoms. The Bertz CT molecular complexity index is 57.1. The zero-order valence-electron chi connectivity index (χ0n) is 2.10. The molecule has 1 aliphatic rings. The number of hydrogen-bond donors (Lipinski definition) is 1. The number of rotatable bonds is 0. The summed E-state index contributed by atoms with van der Waals surface area (Å²) in [5.41, 5.74) is 0. The smallest absolute Gasteiger partial charge is 0.159 e. The Hall–Kier alpha value is 0.155. The summed E-state index contributed by atoms with van der Waals surface area (Å²) < 4.78 is 0. The maximum atomic E-state index is 3.88. The fourth-order valence-electron chi connectivity index (χ4n) is 0.0373. The van der Waals surface area contributed by atoms with Crippen molar-refractivity contribution in [3.8, 4) is 0 Å². The van der Waals surface area contributed by atoms with Gasteiger partial charge in [-0.05, 0) is 0 Å². The first-order valence-electron chi connectivity index (χ1n) is 1.13. The largest absolute Gasteiger partial charge is 0.188 e. The van der Waals surface area contributed by atoms with E-state index in [1.807, 2.05) is 13.3 Å². The van der Waals surface area contributed by atoms with E-state index in [2.05, 4.69) is 12.6 Å². The maximum absolute atomic E-state index is 3.88. The van der Waals surface area contributed by atoms with Crippen LogP contribution < -0.4 is 0 Å². The first-order chi connectivity index (χ1) is 1.89. The highest BCUT2D eigenvalue weighted by Gasteiger charge is 1.99. The highest BCUT2D eigenvalue weighted by molar-refractivity contribution is 7.87. The number of hydrogen-bond acceptors (Lipinski definition) is 1. The van der Waals surface area contributed by atoms with Crippen molar-refractivity contribution in [2.45, 2.75) is 0 Å². The summed E-state index contributed by atoms with van der Waals surface area (Å²) in [5, 5.41) is 0. The van der Waals surface area contributed by atoms with E-state index in [0.717, 1.165) is 4.80 Å². The Morgan fingerprint density at radius 2 is 2.25 bits per heavy atom. The molecule has 0 aromatic carbocycles. The van der Waals surface area contributed by atoms with Gasteiger partial charge in [0.25, 0.3) is 0 Å². The molecular formula is C2H2BS. The molecular weight excluding hydrogens is 66.9 g/mol. The van der Waals surface area contributed by atoms with E-state index < -0.39 is 0 Å². The first kappa shape index (κ1) is 2.40. The Morgan fingerprint density at radius 3 is 2.25 bits per heavy atom. The predicted molar refractivity (Wildman–Crippen MR) is 22.8 cm³/mol. The highest BCUT2D eigenvalue weighted by atomic mass is 32.1. The molecule has 1 rings (SSSR count). The van der Waals surface area contributed by atoms with Crippen LogP contribution in [-0.2, 0) is 0 Å². The van der Waals surface area contributed by atoms with Gasteiger partial charge in [-0.15, -0.1) is 5.98 Å². The van der Waals surface area contributed by atoms with Gasteiger partial charge in [-0.1, -0.05) is 4.80 Å². The van der Waals surface area contributed by atoms with Crippen molar-refractivity contribution >= 4 is 19.9 Å². The summed E-state index contributed by atoms with van der Waals surface area (Å²) in [6.07, 6.45) is 0. The van der Waals surface area contributed by atoms with Gasteiger partial charge in [0.1, 0.15) is 0 Å². The summed E-state index contributed by atoms with van der Waals surface area (Å²) in [4.78, 5) is 1.11. The Labute approximate surface area is 31.6 Å². The maximum Gasteiger partial charge on any atom is 0.188 e. The van der Waals surface area contributed by atoms with Crippen molar-refractivity contribution in [1.82, 2.24) is 0 Å². The van der Waals surface area contributed by atoms with Crippen molar-refractivity contribution in [2.24, 2.45) is 0 Å². The minimum atomic E-state index is 1.11. The van der Waals surface area contributed by atoms with Gasteiger partial charge in [0.2, 0.25) is 0 Å². The minimum Gasteiger partial charge on any atom is -0.159 e. The molecule has 1 heterocycles. The highest BCUT2D eigenvalue weighted by Crippen LogP contribution is 2.08. The average molecular weight is 68.9 g/mol. The third-order valence-electron chi connectivity index (χ3n) is 0.316. The van der Waals surface area contributed by atoms with Crippen molar-refractivity contribution in [1.29, 1.82) is 0 Å². The van der Waals surface area contributed by atoms with Crippen LogP contribution >= 0.6 is 12.6 Å². The van der Waals surface area contributed by atoms with Gasteiger partial charge in [-0.25, -0.2) is 0 Å². The lowest BCUT2D eigenvalue weighted by Gasteiger charge is -1.46. The van der Waals surface area contributed by atoms with Crippen molar-refractivity contribution in [2.75, 3.05) is 0 Å². The summed E-state index contributed by atoms with van der Waals surface area (Å²) in [7, 11) is 1.95. The van der Waals surface area contributed by atoms with Crippen LogP contribution in [0.2, 0.25) is 0 Å². The molecule has 1 aliphatic heterocycles. The lowest BCUT2D eigenvalue weighted by molar-refractivity contribution is 2.69. The summed E-state index contributed by atoms with van der Waals surface area (Å²) in [6, 6.07) is 0. The van der Waals surface area contributed by atoms with Crippen LogP contribution in [0.3, 0.4) is 0 Å². The zero-order chi connectivity index (χ0) is 2.99. The summed E-state index contributed by atoms with van der Waals surface area (Å²) >= 11 is 3.88. The molecule has 0 nitrogen and oxygen atoms in total. The molecule has 0 atom stereocenters. The van der Waals surface area contributed by atoms with Gasteiger partial charge in [-0.2, -0.15) is 12.6 Å². The van der Waals surface area contributed by atoms with Gasteiger partial charge in [-0.3, -0.25) is 0 Å². The van der Waals surface area contributed by atoms with Gasteiger partial charge in [0.15, 0.2) is 7.28 Å². The molecule has 1 radical (unpaired) electrons. The van der Waals surface area contributed by atoms with Gasteiger partial charge >= 0.3 is 0 Å². The van der Waals surface area contributed by atoms with Crippen LogP contribution in [0.15, 0.2) is 10.8 Å². The van der Waals surface area contributed by atoms with E-state index in [0.29, 0.717) is 0 Å². The van der Waals surface area contributed by atoms with E-state index in [1.54, 1.807) is 0 Å². The summed E-state index contributed by atoms with van der Waals surface area (Å²) in [6.45, 7) is 0. The van der Waals surface area contributed by atoms with Crippen molar-refractivity contribution < 1.29 is 0 Å². The van der Waals surface area contributed by atoms with Gasteiger partial charge in [0.05, 0.1) is 0 Å². The van der Waals surface area contributed by atoms with E-state index in [4.69, 9.17) is 0 Å². The van der Waals surface area contributed by atoms with E-state index in [1.165, 1.54) is 0 Å². The van der Waals surface area contributed by atoms with E-state index in [9.17, 15) is 0 Å².